The Morgan fingerprint density at radius 1 is 1.38 bits per heavy atom. The number of piperidine rings is 1. The maximum Gasteiger partial charge on any atom is 0.299 e. The molecule has 0 unspecified atom stereocenters. The predicted octanol–water partition coefficient (Wildman–Crippen LogP) is 4.01. The quantitative estimate of drug-likeness (QED) is 0.469. The largest absolute Gasteiger partial charge is 0.494 e. The fraction of sp³-hybridized carbons (Fsp3) is 0.346. The van der Waals surface area contributed by atoms with Gasteiger partial charge in [0.1, 0.15) is 0 Å². The van der Waals surface area contributed by atoms with E-state index in [4.69, 9.17) is 9.47 Å². The molecule has 2 heterocycles. The maximum absolute atomic E-state index is 14.5. The number of hydrogen-bond donors (Lipinski definition) is 1. The molecule has 3 rings (SSSR count). The molecule has 1 aromatic heterocycles. The van der Waals surface area contributed by atoms with Gasteiger partial charge >= 0.3 is 0 Å². The van der Waals surface area contributed by atoms with Gasteiger partial charge in [-0.25, -0.2) is 4.39 Å². The lowest BCUT2D eigenvalue weighted by Gasteiger charge is -2.23. The number of nitrogens with one attached hydrogen (secondary N) is 1. The van der Waals surface area contributed by atoms with E-state index in [-0.39, 0.29) is 22.9 Å². The molecule has 2 aromatic rings. The molecular formula is C26H29FN4O3. The monoisotopic (exact) mass is 464 g/mol. The van der Waals surface area contributed by atoms with Gasteiger partial charge in [-0.1, -0.05) is 24.8 Å². The van der Waals surface area contributed by atoms with E-state index < -0.39 is 5.82 Å². The van der Waals surface area contributed by atoms with E-state index in [0.29, 0.717) is 34.9 Å². The minimum Gasteiger partial charge on any atom is -0.494 e. The molecule has 0 spiro atoms. The van der Waals surface area contributed by atoms with Crippen molar-refractivity contribution in [3.8, 4) is 29.0 Å². The minimum absolute atomic E-state index is 0.0804. The highest BCUT2D eigenvalue weighted by Gasteiger charge is 2.21. The van der Waals surface area contributed by atoms with Crippen molar-refractivity contribution in [2.24, 2.45) is 13.0 Å². The van der Waals surface area contributed by atoms with E-state index in [9.17, 15) is 14.4 Å². The van der Waals surface area contributed by atoms with Gasteiger partial charge in [0.05, 0.1) is 36.6 Å². The van der Waals surface area contributed by atoms with Crippen LogP contribution in [-0.2, 0) is 7.05 Å². The van der Waals surface area contributed by atoms with Crippen LogP contribution in [0.2, 0.25) is 0 Å². The van der Waals surface area contributed by atoms with Crippen LogP contribution in [0, 0.1) is 23.1 Å². The molecule has 0 bridgehead atoms. The third-order valence-electron chi connectivity index (χ3n) is 5.83. The van der Waals surface area contributed by atoms with Crippen molar-refractivity contribution >= 4 is 5.57 Å². The Morgan fingerprint density at radius 2 is 2.12 bits per heavy atom. The van der Waals surface area contributed by atoms with Gasteiger partial charge in [-0.2, -0.15) is 10.2 Å². The molecule has 0 aliphatic carbocycles. The van der Waals surface area contributed by atoms with Crippen LogP contribution in [0.15, 0.2) is 53.4 Å². The van der Waals surface area contributed by atoms with Crippen molar-refractivity contribution in [1.82, 2.24) is 14.9 Å². The average Bonchev–Trinajstić information content (AvgIpc) is 2.85. The van der Waals surface area contributed by atoms with E-state index in [2.05, 4.69) is 16.9 Å². The first-order chi connectivity index (χ1) is 16.4. The van der Waals surface area contributed by atoms with Crippen molar-refractivity contribution in [2.45, 2.75) is 19.8 Å². The lowest BCUT2D eigenvalue weighted by molar-refractivity contribution is 0.194. The summed E-state index contributed by atoms with van der Waals surface area (Å²) in [5.41, 5.74) is 1.57. The Balaban J connectivity index is 2.12. The van der Waals surface area contributed by atoms with Crippen LogP contribution in [0.4, 0.5) is 4.39 Å². The van der Waals surface area contributed by atoms with Gasteiger partial charge in [-0.3, -0.25) is 9.36 Å². The summed E-state index contributed by atoms with van der Waals surface area (Å²) >= 11 is 0. The van der Waals surface area contributed by atoms with Crippen molar-refractivity contribution in [3.05, 3.63) is 70.4 Å². The summed E-state index contributed by atoms with van der Waals surface area (Å²) in [6.45, 7) is 7.72. The first-order valence-corrected chi connectivity index (χ1v) is 11.1. The SMILES string of the molecule is C=C/C(C#N)=C\C=C(/C)c1nc(OCC2CCNCC2)n(C)c(=O)c1-c1ccc(OC)c(F)c1. The number of halogens is 1. The fourth-order valence-electron chi connectivity index (χ4n) is 3.76. The second-order valence-electron chi connectivity index (χ2n) is 8.12. The Hall–Kier alpha value is -3.70. The molecular weight excluding hydrogens is 435 g/mol. The zero-order valence-electron chi connectivity index (χ0n) is 19.7. The summed E-state index contributed by atoms with van der Waals surface area (Å²) in [4.78, 5) is 18.1. The number of benzene rings is 1. The Bertz CT molecular complexity index is 1220. The van der Waals surface area contributed by atoms with E-state index in [0.717, 1.165) is 25.9 Å². The molecule has 1 N–H and O–H groups in total. The molecule has 178 valence electrons. The van der Waals surface area contributed by atoms with Crippen LogP contribution >= 0.6 is 0 Å². The molecule has 0 atom stereocenters. The van der Waals surface area contributed by atoms with Gasteiger partial charge in [0.2, 0.25) is 0 Å². The van der Waals surface area contributed by atoms with E-state index >= 15 is 0 Å². The van der Waals surface area contributed by atoms with Crippen LogP contribution in [0.3, 0.4) is 0 Å². The van der Waals surface area contributed by atoms with E-state index in [1.807, 2.05) is 6.07 Å². The molecule has 34 heavy (non-hydrogen) atoms. The summed E-state index contributed by atoms with van der Waals surface area (Å²) < 4.78 is 26.8. The average molecular weight is 465 g/mol. The molecule has 1 aromatic carbocycles. The van der Waals surface area contributed by atoms with Crippen molar-refractivity contribution in [2.75, 3.05) is 26.8 Å². The Morgan fingerprint density at radius 3 is 2.74 bits per heavy atom. The predicted molar refractivity (Wildman–Crippen MR) is 130 cm³/mol. The van der Waals surface area contributed by atoms with Gasteiger partial charge in [0, 0.05) is 7.05 Å². The third kappa shape index (κ3) is 5.61. The topological polar surface area (TPSA) is 89.2 Å². The molecule has 1 aliphatic rings. The molecule has 8 heteroatoms. The third-order valence-corrected chi connectivity index (χ3v) is 5.83. The molecule has 0 amide bonds. The number of methoxy groups -OCH3 is 1. The van der Waals surface area contributed by atoms with Gasteiger partial charge in [0.15, 0.2) is 11.6 Å². The van der Waals surface area contributed by atoms with Crippen molar-refractivity contribution < 1.29 is 13.9 Å². The van der Waals surface area contributed by atoms with Gasteiger partial charge in [-0.05, 0) is 68.1 Å². The van der Waals surface area contributed by atoms with Gasteiger partial charge in [-0.15, -0.1) is 0 Å². The van der Waals surface area contributed by atoms with Crippen LogP contribution in [0.5, 0.6) is 11.8 Å². The molecule has 7 nitrogen and oxygen atoms in total. The lowest BCUT2D eigenvalue weighted by atomic mass is 9.99. The summed E-state index contributed by atoms with van der Waals surface area (Å²) in [5.74, 6) is -0.127. The number of nitrogens with zero attached hydrogens (tertiary/aromatic N) is 3. The second-order valence-corrected chi connectivity index (χ2v) is 8.12. The minimum atomic E-state index is -0.584. The van der Waals surface area contributed by atoms with Crippen LogP contribution in [0.1, 0.15) is 25.5 Å². The van der Waals surface area contributed by atoms with Gasteiger partial charge < -0.3 is 14.8 Å². The normalized spacial score (nSPS) is 15.0. The zero-order valence-corrected chi connectivity index (χ0v) is 19.7. The highest BCUT2D eigenvalue weighted by Crippen LogP contribution is 2.30. The molecule has 1 aliphatic heterocycles. The number of allylic oxidation sites excluding steroid dienone is 5. The van der Waals surface area contributed by atoms with E-state index in [1.54, 1.807) is 32.2 Å². The summed E-state index contributed by atoms with van der Waals surface area (Å²) in [5, 5.41) is 12.5. The number of ether oxygens (including phenoxy) is 2. The second kappa shape index (κ2) is 11.4. The highest BCUT2D eigenvalue weighted by atomic mass is 19.1. The molecule has 0 saturated carbocycles. The number of aromatic nitrogens is 2. The first kappa shape index (κ1) is 24.9. The van der Waals surface area contributed by atoms with Crippen LogP contribution in [0.25, 0.3) is 16.7 Å². The van der Waals surface area contributed by atoms with E-state index in [1.165, 1.54) is 29.9 Å². The molecule has 1 fully saturated rings. The van der Waals surface area contributed by atoms with Crippen molar-refractivity contribution in [1.29, 1.82) is 5.26 Å². The highest BCUT2D eigenvalue weighted by molar-refractivity contribution is 5.79. The lowest BCUT2D eigenvalue weighted by Crippen LogP contribution is -2.31. The Kier molecular flexibility index (Phi) is 8.39. The van der Waals surface area contributed by atoms with Crippen LogP contribution < -0.4 is 20.3 Å². The first-order valence-electron chi connectivity index (χ1n) is 11.1. The standard InChI is InChI=1S/C26H29FN4O3/c1-5-18(15-28)7-6-17(2)24-23(20-8-9-22(33-4)21(27)14-20)25(32)31(3)26(30-24)34-16-19-10-12-29-13-11-19/h5-9,14,19,29H,1,10-13,16H2,2-4H3/b17-6+,18-7+. The van der Waals surface area contributed by atoms with Crippen molar-refractivity contribution in [3.63, 3.8) is 0 Å². The fourth-order valence-corrected chi connectivity index (χ4v) is 3.76. The number of rotatable bonds is 8. The smallest absolute Gasteiger partial charge is 0.299 e. The number of nitriles is 1. The zero-order chi connectivity index (χ0) is 24.7. The molecule has 0 radical (unpaired) electrons. The summed E-state index contributed by atoms with van der Waals surface area (Å²) in [7, 11) is 2.97. The molecule has 1 saturated heterocycles. The summed E-state index contributed by atoms with van der Waals surface area (Å²) in [6, 6.07) is 6.57. The van der Waals surface area contributed by atoms with Gasteiger partial charge in [0.25, 0.3) is 11.6 Å². The Labute approximate surface area is 198 Å². The number of hydrogen-bond acceptors (Lipinski definition) is 6. The summed E-state index contributed by atoms with van der Waals surface area (Å²) in [6.07, 6.45) is 6.70. The van der Waals surface area contributed by atoms with Crippen LogP contribution in [-0.4, -0.2) is 36.4 Å². The maximum atomic E-state index is 14.5.